The van der Waals surface area contributed by atoms with E-state index in [1.807, 2.05) is 36.9 Å². The van der Waals surface area contributed by atoms with Gasteiger partial charge in [-0.25, -0.2) is 9.37 Å². The molecule has 0 spiro atoms. The first kappa shape index (κ1) is 17.8. The van der Waals surface area contributed by atoms with Gasteiger partial charge in [-0.3, -0.25) is 9.78 Å². The number of aromatic nitrogens is 2. The number of nitrogens with zero attached hydrogens (tertiary/aromatic N) is 3. The molecule has 0 N–H and O–H groups in total. The van der Waals surface area contributed by atoms with E-state index in [1.54, 1.807) is 18.3 Å². The fraction of sp³-hybridized carbons (Fsp3) is 0.286. The third-order valence-corrected chi connectivity index (χ3v) is 5.98. The van der Waals surface area contributed by atoms with E-state index < -0.39 is 0 Å². The summed E-state index contributed by atoms with van der Waals surface area (Å²) in [6.45, 7) is 3.88. The molecular formula is C21H20FN3OS. The first-order chi connectivity index (χ1) is 13.0. The molecule has 0 saturated heterocycles. The van der Waals surface area contributed by atoms with Crippen LogP contribution in [0.4, 0.5) is 4.39 Å². The van der Waals surface area contributed by atoms with Crippen molar-refractivity contribution in [1.29, 1.82) is 0 Å². The molecule has 4 rings (SSSR count). The fourth-order valence-corrected chi connectivity index (χ4v) is 4.22. The number of aryl methyl sites for hydroxylation is 1. The van der Waals surface area contributed by atoms with Crippen molar-refractivity contribution in [3.05, 3.63) is 70.7 Å². The Balaban J connectivity index is 1.65. The zero-order valence-corrected chi connectivity index (χ0v) is 16.0. The molecule has 0 bridgehead atoms. The van der Waals surface area contributed by atoms with Gasteiger partial charge in [-0.1, -0.05) is 6.07 Å². The molecular weight excluding hydrogens is 361 g/mol. The van der Waals surface area contributed by atoms with Crippen LogP contribution in [0.1, 0.15) is 46.9 Å². The normalized spacial score (nSPS) is 14.8. The van der Waals surface area contributed by atoms with Crippen molar-refractivity contribution in [3.63, 3.8) is 0 Å². The average Bonchev–Trinajstić information content (AvgIpc) is 3.44. The van der Waals surface area contributed by atoms with Gasteiger partial charge in [-0.05, 0) is 63.1 Å². The van der Waals surface area contributed by atoms with Gasteiger partial charge in [0.2, 0.25) is 0 Å². The van der Waals surface area contributed by atoms with Crippen LogP contribution in [-0.4, -0.2) is 26.8 Å². The molecule has 0 aliphatic heterocycles. The summed E-state index contributed by atoms with van der Waals surface area (Å²) in [5, 5.41) is 0.733. The Morgan fingerprint density at radius 2 is 1.96 bits per heavy atom. The lowest BCUT2D eigenvalue weighted by atomic mass is 10.1. The van der Waals surface area contributed by atoms with Crippen LogP contribution in [0.2, 0.25) is 0 Å². The van der Waals surface area contributed by atoms with Crippen LogP contribution < -0.4 is 0 Å². The first-order valence-electron chi connectivity index (χ1n) is 9.01. The Hall–Kier alpha value is -2.60. The van der Waals surface area contributed by atoms with Gasteiger partial charge in [0, 0.05) is 17.8 Å². The molecule has 3 aromatic rings. The number of pyridine rings is 1. The van der Waals surface area contributed by atoms with Crippen molar-refractivity contribution in [2.24, 2.45) is 0 Å². The molecule has 27 heavy (non-hydrogen) atoms. The summed E-state index contributed by atoms with van der Waals surface area (Å²) in [6.07, 6.45) is 3.79. The van der Waals surface area contributed by atoms with Crippen LogP contribution in [0.25, 0.3) is 10.6 Å². The van der Waals surface area contributed by atoms with Crippen molar-refractivity contribution in [1.82, 2.24) is 14.9 Å². The molecule has 1 atom stereocenters. The molecule has 4 nitrogen and oxygen atoms in total. The number of hydrogen-bond donors (Lipinski definition) is 0. The van der Waals surface area contributed by atoms with Crippen LogP contribution in [0.3, 0.4) is 0 Å². The molecule has 1 aliphatic carbocycles. The lowest BCUT2D eigenvalue weighted by Crippen LogP contribution is -2.35. The molecule has 138 valence electrons. The predicted molar refractivity (Wildman–Crippen MR) is 104 cm³/mol. The molecule has 1 saturated carbocycles. The highest BCUT2D eigenvalue weighted by Crippen LogP contribution is 2.37. The van der Waals surface area contributed by atoms with Gasteiger partial charge in [0.15, 0.2) is 0 Å². The monoisotopic (exact) mass is 381 g/mol. The van der Waals surface area contributed by atoms with Gasteiger partial charge < -0.3 is 4.90 Å². The third kappa shape index (κ3) is 3.62. The smallest absolute Gasteiger partial charge is 0.266 e. The maximum absolute atomic E-state index is 13.4. The molecule has 1 aromatic carbocycles. The molecule has 0 radical (unpaired) electrons. The highest BCUT2D eigenvalue weighted by Gasteiger charge is 2.38. The van der Waals surface area contributed by atoms with E-state index >= 15 is 0 Å². The lowest BCUT2D eigenvalue weighted by Gasteiger charge is -2.28. The number of hydrogen-bond acceptors (Lipinski definition) is 4. The zero-order valence-electron chi connectivity index (χ0n) is 15.2. The highest BCUT2D eigenvalue weighted by molar-refractivity contribution is 7.17. The van der Waals surface area contributed by atoms with E-state index in [0.29, 0.717) is 10.6 Å². The van der Waals surface area contributed by atoms with Crippen molar-refractivity contribution in [2.75, 3.05) is 0 Å². The Morgan fingerprint density at radius 1 is 1.22 bits per heavy atom. The molecule has 6 heteroatoms. The van der Waals surface area contributed by atoms with Gasteiger partial charge in [0.1, 0.15) is 15.7 Å². The molecule has 2 aromatic heterocycles. The Morgan fingerprint density at radius 3 is 2.59 bits per heavy atom. The standard InChI is InChI=1S/C21H20FN3OS/c1-13-19(27-20(24-13)15-6-8-16(22)9-7-15)21(26)25(17-10-11-17)14(2)18-5-3-4-12-23-18/h3-9,12,14,17H,10-11H2,1-2H3. The van der Waals surface area contributed by atoms with Crippen LogP contribution in [0.15, 0.2) is 48.7 Å². The Bertz CT molecular complexity index is 951. The van der Waals surface area contributed by atoms with Crippen molar-refractivity contribution < 1.29 is 9.18 Å². The molecule has 1 aliphatic rings. The van der Waals surface area contributed by atoms with Gasteiger partial charge in [0.25, 0.3) is 5.91 Å². The fourth-order valence-electron chi connectivity index (χ4n) is 3.20. The maximum atomic E-state index is 13.4. The Kier molecular flexibility index (Phi) is 4.74. The number of carbonyl (C=O) groups is 1. The molecule has 1 amide bonds. The summed E-state index contributed by atoms with van der Waals surface area (Å²) >= 11 is 1.37. The van der Waals surface area contributed by atoms with Crippen LogP contribution in [0, 0.1) is 12.7 Å². The SMILES string of the molecule is Cc1nc(-c2ccc(F)cc2)sc1C(=O)N(C1CC1)C(C)c1ccccn1. The van der Waals surface area contributed by atoms with Crippen molar-refractivity contribution in [3.8, 4) is 10.6 Å². The second-order valence-corrected chi connectivity index (χ2v) is 7.81. The predicted octanol–water partition coefficient (Wildman–Crippen LogP) is 5.02. The van der Waals surface area contributed by atoms with Gasteiger partial charge in [-0.2, -0.15) is 0 Å². The highest BCUT2D eigenvalue weighted by atomic mass is 32.1. The topological polar surface area (TPSA) is 46.1 Å². The molecule has 1 unspecified atom stereocenters. The number of halogens is 1. The summed E-state index contributed by atoms with van der Waals surface area (Å²) < 4.78 is 13.2. The molecule has 2 heterocycles. The second kappa shape index (κ2) is 7.19. The number of amides is 1. The number of benzene rings is 1. The Labute approximate surface area is 161 Å². The van der Waals surface area contributed by atoms with E-state index in [4.69, 9.17) is 0 Å². The minimum Gasteiger partial charge on any atom is -0.327 e. The van der Waals surface area contributed by atoms with E-state index in [0.717, 1.165) is 29.1 Å². The minimum absolute atomic E-state index is 0.000912. The lowest BCUT2D eigenvalue weighted by molar-refractivity contribution is 0.0674. The third-order valence-electron chi connectivity index (χ3n) is 4.79. The number of thiazole rings is 1. The van der Waals surface area contributed by atoms with Gasteiger partial charge in [-0.15, -0.1) is 11.3 Å². The summed E-state index contributed by atoms with van der Waals surface area (Å²) in [6, 6.07) is 12.1. The van der Waals surface area contributed by atoms with Crippen LogP contribution in [-0.2, 0) is 0 Å². The van der Waals surface area contributed by atoms with Gasteiger partial charge >= 0.3 is 0 Å². The van der Waals surface area contributed by atoms with E-state index in [2.05, 4.69) is 9.97 Å². The number of carbonyl (C=O) groups excluding carboxylic acids is 1. The van der Waals surface area contributed by atoms with Crippen molar-refractivity contribution >= 4 is 17.2 Å². The number of rotatable bonds is 5. The zero-order chi connectivity index (χ0) is 19.0. The largest absolute Gasteiger partial charge is 0.327 e. The summed E-state index contributed by atoms with van der Waals surface area (Å²) in [5.74, 6) is -0.286. The summed E-state index contributed by atoms with van der Waals surface area (Å²) in [4.78, 5) is 24.9. The second-order valence-electron chi connectivity index (χ2n) is 6.81. The minimum atomic E-state index is -0.285. The maximum Gasteiger partial charge on any atom is 0.266 e. The molecule has 1 fully saturated rings. The van der Waals surface area contributed by atoms with E-state index in [-0.39, 0.29) is 23.8 Å². The van der Waals surface area contributed by atoms with E-state index in [9.17, 15) is 9.18 Å². The summed E-state index contributed by atoms with van der Waals surface area (Å²) in [7, 11) is 0. The quantitative estimate of drug-likeness (QED) is 0.623. The van der Waals surface area contributed by atoms with Crippen molar-refractivity contribution in [2.45, 2.75) is 38.8 Å². The van der Waals surface area contributed by atoms with Crippen LogP contribution in [0.5, 0.6) is 0 Å². The van der Waals surface area contributed by atoms with Crippen LogP contribution >= 0.6 is 11.3 Å². The summed E-state index contributed by atoms with van der Waals surface area (Å²) in [5.41, 5.74) is 2.42. The van der Waals surface area contributed by atoms with Gasteiger partial charge in [0.05, 0.1) is 17.4 Å². The first-order valence-corrected chi connectivity index (χ1v) is 9.83. The average molecular weight is 381 g/mol. The van der Waals surface area contributed by atoms with E-state index in [1.165, 1.54) is 23.5 Å².